The minimum absolute atomic E-state index is 0.0101. The Morgan fingerprint density at radius 3 is 2.16 bits per heavy atom. The van der Waals surface area contributed by atoms with E-state index in [-0.39, 0.29) is 40.1 Å². The molecule has 1 amide bonds. The number of carbonyl (C=O) groups is 1. The zero-order valence-electron chi connectivity index (χ0n) is 16.6. The highest BCUT2D eigenvalue weighted by Crippen LogP contribution is 2.25. The predicted molar refractivity (Wildman–Crippen MR) is 115 cm³/mol. The van der Waals surface area contributed by atoms with E-state index in [1.807, 2.05) is 0 Å². The molecule has 1 saturated heterocycles. The van der Waals surface area contributed by atoms with E-state index in [0.29, 0.717) is 13.1 Å². The molecule has 2 aromatic carbocycles. The van der Waals surface area contributed by atoms with Crippen LogP contribution in [0.3, 0.4) is 0 Å². The largest absolute Gasteiger partial charge is 0.324 e. The Balaban J connectivity index is 1.59. The van der Waals surface area contributed by atoms with Crippen molar-refractivity contribution in [2.24, 2.45) is 0 Å². The summed E-state index contributed by atoms with van der Waals surface area (Å²) in [5.74, 6) is -0.917. The maximum atomic E-state index is 13.1. The van der Waals surface area contributed by atoms with E-state index in [2.05, 4.69) is 5.32 Å². The molecule has 2 aromatic rings. The molecule has 168 valence electrons. The van der Waals surface area contributed by atoms with E-state index >= 15 is 0 Å². The van der Waals surface area contributed by atoms with Crippen molar-refractivity contribution in [1.29, 1.82) is 0 Å². The lowest BCUT2D eigenvalue weighted by molar-refractivity contribution is -0.117. The van der Waals surface area contributed by atoms with Crippen LogP contribution in [0.15, 0.2) is 52.3 Å². The fourth-order valence-electron chi connectivity index (χ4n) is 3.11. The number of rotatable bonds is 6. The first-order chi connectivity index (χ1) is 14.5. The number of hydrogen-bond acceptors (Lipinski definition) is 6. The number of nitrogens with one attached hydrogen (secondary N) is 1. The first-order valence-corrected chi connectivity index (χ1v) is 13.0. The third kappa shape index (κ3) is 5.80. The summed E-state index contributed by atoms with van der Waals surface area (Å²) in [6, 6.07) is 8.68. The number of amides is 1. The number of sulfonamides is 1. The molecule has 3 rings (SSSR count). The summed E-state index contributed by atoms with van der Waals surface area (Å²) in [5.41, 5.74) is 0.187. The van der Waals surface area contributed by atoms with Gasteiger partial charge in [0.25, 0.3) is 0 Å². The number of nitrogens with zero attached hydrogens (tertiary/aromatic N) is 2. The minimum Gasteiger partial charge on any atom is -0.324 e. The zero-order chi connectivity index (χ0) is 22.8. The Morgan fingerprint density at radius 1 is 1.00 bits per heavy atom. The second-order valence-electron chi connectivity index (χ2n) is 7.10. The van der Waals surface area contributed by atoms with Crippen molar-refractivity contribution in [3.8, 4) is 0 Å². The third-order valence-electron chi connectivity index (χ3n) is 4.79. The van der Waals surface area contributed by atoms with Crippen LogP contribution in [0.5, 0.6) is 0 Å². The van der Waals surface area contributed by atoms with E-state index in [1.165, 1.54) is 34.6 Å². The van der Waals surface area contributed by atoms with Crippen molar-refractivity contribution in [3.63, 3.8) is 0 Å². The van der Waals surface area contributed by atoms with Crippen LogP contribution < -0.4 is 5.32 Å². The van der Waals surface area contributed by atoms with Crippen LogP contribution in [-0.4, -0.2) is 70.9 Å². The summed E-state index contributed by atoms with van der Waals surface area (Å²) >= 11 is 6.05. The Morgan fingerprint density at radius 2 is 1.58 bits per heavy atom. The molecule has 31 heavy (non-hydrogen) atoms. The van der Waals surface area contributed by atoms with E-state index in [9.17, 15) is 26.0 Å². The molecule has 0 unspecified atom stereocenters. The van der Waals surface area contributed by atoms with Gasteiger partial charge in [0.2, 0.25) is 15.9 Å². The third-order valence-corrected chi connectivity index (χ3v) is 8.14. The fourth-order valence-corrected chi connectivity index (χ4v) is 5.34. The average molecular weight is 490 g/mol. The van der Waals surface area contributed by atoms with Gasteiger partial charge in [0.1, 0.15) is 5.82 Å². The van der Waals surface area contributed by atoms with E-state index < -0.39 is 31.6 Å². The second-order valence-corrected chi connectivity index (χ2v) is 11.5. The highest BCUT2D eigenvalue weighted by atomic mass is 35.5. The van der Waals surface area contributed by atoms with Gasteiger partial charge in [-0.2, -0.15) is 4.31 Å². The van der Waals surface area contributed by atoms with Gasteiger partial charge in [0.15, 0.2) is 9.84 Å². The molecular formula is C19H21ClFN3O5S2. The summed E-state index contributed by atoms with van der Waals surface area (Å²) in [7, 11) is -7.19. The Kier molecular flexibility index (Phi) is 7.01. The van der Waals surface area contributed by atoms with Crippen LogP contribution in [0.2, 0.25) is 5.02 Å². The SMILES string of the molecule is CS(=O)(=O)c1ccc(Cl)c(NC(=O)CN2CCN(S(=O)(=O)c3ccc(F)cc3)CC2)c1. The van der Waals surface area contributed by atoms with E-state index in [0.717, 1.165) is 18.4 Å². The zero-order valence-corrected chi connectivity index (χ0v) is 19.0. The molecule has 0 atom stereocenters. The molecule has 0 radical (unpaired) electrons. The normalized spacial score (nSPS) is 16.2. The van der Waals surface area contributed by atoms with Gasteiger partial charge >= 0.3 is 0 Å². The molecule has 1 heterocycles. The number of sulfone groups is 1. The molecule has 1 N–H and O–H groups in total. The van der Waals surface area contributed by atoms with Crippen molar-refractivity contribution in [2.75, 3.05) is 44.3 Å². The summed E-state index contributed by atoms with van der Waals surface area (Å²) in [5, 5.41) is 2.80. The molecule has 1 aliphatic rings. The lowest BCUT2D eigenvalue weighted by Crippen LogP contribution is -2.50. The van der Waals surface area contributed by atoms with Crippen molar-refractivity contribution in [2.45, 2.75) is 9.79 Å². The minimum atomic E-state index is -3.74. The molecule has 0 spiro atoms. The van der Waals surface area contributed by atoms with Crippen LogP contribution in [0.1, 0.15) is 0 Å². The number of benzene rings is 2. The van der Waals surface area contributed by atoms with E-state index in [1.54, 1.807) is 4.90 Å². The number of halogens is 2. The van der Waals surface area contributed by atoms with Gasteiger partial charge in [0.05, 0.1) is 27.0 Å². The van der Waals surface area contributed by atoms with Crippen LogP contribution in [-0.2, 0) is 24.7 Å². The van der Waals surface area contributed by atoms with Gasteiger partial charge in [-0.1, -0.05) is 11.6 Å². The molecule has 0 saturated carbocycles. The summed E-state index contributed by atoms with van der Waals surface area (Å²) < 4.78 is 63.1. The average Bonchev–Trinajstić information content (AvgIpc) is 2.69. The molecule has 0 aliphatic carbocycles. The molecule has 1 fully saturated rings. The van der Waals surface area contributed by atoms with Crippen LogP contribution in [0.25, 0.3) is 0 Å². The lowest BCUT2D eigenvalue weighted by Gasteiger charge is -2.33. The van der Waals surface area contributed by atoms with Crippen molar-refractivity contribution >= 4 is 43.1 Å². The maximum absolute atomic E-state index is 13.1. The van der Waals surface area contributed by atoms with Gasteiger partial charge in [-0.15, -0.1) is 0 Å². The molecule has 0 bridgehead atoms. The number of anilines is 1. The van der Waals surface area contributed by atoms with Crippen molar-refractivity contribution < 1.29 is 26.0 Å². The smallest absolute Gasteiger partial charge is 0.243 e. The van der Waals surface area contributed by atoms with E-state index in [4.69, 9.17) is 11.6 Å². The van der Waals surface area contributed by atoms with Crippen LogP contribution >= 0.6 is 11.6 Å². The first kappa shape index (κ1) is 23.6. The Hall–Kier alpha value is -2.05. The van der Waals surface area contributed by atoms with Gasteiger partial charge in [-0.25, -0.2) is 21.2 Å². The lowest BCUT2D eigenvalue weighted by atomic mass is 10.3. The quantitative estimate of drug-likeness (QED) is 0.664. The van der Waals surface area contributed by atoms with Gasteiger partial charge in [0, 0.05) is 32.4 Å². The summed E-state index contributed by atoms with van der Waals surface area (Å²) in [6.07, 6.45) is 1.06. The predicted octanol–water partition coefficient (Wildman–Crippen LogP) is 1.83. The molecule has 8 nitrogen and oxygen atoms in total. The van der Waals surface area contributed by atoms with Gasteiger partial charge < -0.3 is 5.32 Å². The highest BCUT2D eigenvalue weighted by molar-refractivity contribution is 7.90. The second kappa shape index (κ2) is 9.21. The standard InChI is InChI=1S/C19H21ClFN3O5S2/c1-30(26,27)16-6-7-17(20)18(12-16)22-19(25)13-23-8-10-24(11-9-23)31(28,29)15-4-2-14(21)3-5-15/h2-7,12H,8-11,13H2,1H3,(H,22,25). The van der Waals surface area contributed by atoms with Gasteiger partial charge in [-0.05, 0) is 42.5 Å². The first-order valence-electron chi connectivity index (χ1n) is 9.24. The van der Waals surface area contributed by atoms with Crippen LogP contribution in [0.4, 0.5) is 10.1 Å². The summed E-state index contributed by atoms with van der Waals surface area (Å²) in [6.45, 7) is 0.994. The van der Waals surface area contributed by atoms with Gasteiger partial charge in [-0.3, -0.25) is 9.69 Å². The fraction of sp³-hybridized carbons (Fsp3) is 0.316. The highest BCUT2D eigenvalue weighted by Gasteiger charge is 2.29. The molecule has 12 heteroatoms. The number of carbonyl (C=O) groups excluding carboxylic acids is 1. The number of hydrogen-bond donors (Lipinski definition) is 1. The van der Waals surface area contributed by atoms with Crippen molar-refractivity contribution in [1.82, 2.24) is 9.21 Å². The van der Waals surface area contributed by atoms with Crippen LogP contribution in [0, 0.1) is 5.82 Å². The Labute approximate surface area is 185 Å². The molecular weight excluding hydrogens is 469 g/mol. The molecule has 0 aromatic heterocycles. The Bertz CT molecular complexity index is 1180. The summed E-state index contributed by atoms with van der Waals surface area (Å²) in [4.78, 5) is 14.2. The maximum Gasteiger partial charge on any atom is 0.243 e. The monoisotopic (exact) mass is 489 g/mol. The van der Waals surface area contributed by atoms with Crippen molar-refractivity contribution in [3.05, 3.63) is 53.3 Å². The topological polar surface area (TPSA) is 104 Å². The number of piperazine rings is 1. The molecule has 1 aliphatic heterocycles.